The van der Waals surface area contributed by atoms with Gasteiger partial charge in [0.25, 0.3) is 5.91 Å². The predicted octanol–water partition coefficient (Wildman–Crippen LogP) is 4.18. The van der Waals surface area contributed by atoms with Gasteiger partial charge in [-0.25, -0.2) is 0 Å². The Bertz CT molecular complexity index is 1130. The highest BCUT2D eigenvalue weighted by Crippen LogP contribution is 2.45. The second kappa shape index (κ2) is 12.9. The zero-order valence-corrected chi connectivity index (χ0v) is 22.2. The van der Waals surface area contributed by atoms with Crippen molar-refractivity contribution >= 4 is 5.91 Å². The number of amides is 1. The first-order valence-corrected chi connectivity index (χ1v) is 13.9. The molecule has 3 aliphatic rings. The summed E-state index contributed by atoms with van der Waals surface area (Å²) in [7, 11) is 0. The first-order chi connectivity index (χ1) is 18.7. The third-order valence-corrected chi connectivity index (χ3v) is 7.64. The maximum Gasteiger partial charge on any atom is 0.286 e. The highest BCUT2D eigenvalue weighted by Gasteiger charge is 2.40. The van der Waals surface area contributed by atoms with Crippen LogP contribution in [0.25, 0.3) is 11.1 Å². The van der Waals surface area contributed by atoms with Crippen molar-refractivity contribution in [3.05, 3.63) is 71.0 Å². The van der Waals surface area contributed by atoms with E-state index < -0.39 is 6.29 Å². The summed E-state index contributed by atoms with van der Waals surface area (Å²) in [5, 5.41) is 11.9. The number of hydrogen-bond acceptors (Lipinski definition) is 6. The molecule has 0 saturated heterocycles. The van der Waals surface area contributed by atoms with Crippen LogP contribution in [0.4, 0.5) is 0 Å². The van der Waals surface area contributed by atoms with Gasteiger partial charge in [0.15, 0.2) is 5.76 Å². The third kappa shape index (κ3) is 6.29. The summed E-state index contributed by atoms with van der Waals surface area (Å²) in [5.74, 6) is 0.683. The molecule has 0 unspecified atom stereocenters. The highest BCUT2D eigenvalue weighted by atomic mass is 16.7. The molecular weight excluding hydrogens is 482 g/mol. The van der Waals surface area contributed by atoms with E-state index in [1.807, 2.05) is 13.0 Å². The van der Waals surface area contributed by atoms with E-state index in [4.69, 9.17) is 24.1 Å². The molecule has 38 heavy (non-hydrogen) atoms. The van der Waals surface area contributed by atoms with Crippen molar-refractivity contribution in [1.29, 1.82) is 0 Å². The highest BCUT2D eigenvalue weighted by molar-refractivity contribution is 5.92. The molecule has 1 aliphatic heterocycles. The van der Waals surface area contributed by atoms with Crippen molar-refractivity contribution in [3.63, 3.8) is 0 Å². The normalized spacial score (nSPS) is 21.8. The third-order valence-electron chi connectivity index (χ3n) is 7.64. The zero-order valence-electron chi connectivity index (χ0n) is 22.2. The number of aliphatic hydroxyl groups excluding tert-OH is 1. The summed E-state index contributed by atoms with van der Waals surface area (Å²) in [6.45, 7) is 4.86. The van der Waals surface area contributed by atoms with Crippen molar-refractivity contribution < 1.29 is 28.8 Å². The summed E-state index contributed by atoms with van der Waals surface area (Å²) in [5.41, 5.74) is 6.41. The lowest BCUT2D eigenvalue weighted by atomic mass is 9.78. The number of carbonyl (C=O) groups excluding carboxylic acids is 1. The van der Waals surface area contributed by atoms with Gasteiger partial charge in [0.1, 0.15) is 0 Å². The minimum Gasteiger partial charge on any atom is -0.459 e. The summed E-state index contributed by atoms with van der Waals surface area (Å²) >= 11 is 0. The molecule has 2 aromatic carbocycles. The first kappa shape index (κ1) is 26.9. The van der Waals surface area contributed by atoms with Crippen LogP contribution in [0.5, 0.6) is 0 Å². The Labute approximate surface area is 225 Å². The van der Waals surface area contributed by atoms with Crippen molar-refractivity contribution in [1.82, 2.24) is 5.32 Å². The second-order valence-corrected chi connectivity index (χ2v) is 10.3. The molecule has 2 aliphatic carbocycles. The second-order valence-electron chi connectivity index (χ2n) is 10.3. The molecule has 1 heterocycles. The fraction of sp³-hybridized carbons (Fsp3) is 0.516. The Kier molecular flexibility index (Phi) is 9.12. The average molecular weight is 522 g/mol. The lowest BCUT2D eigenvalue weighted by molar-refractivity contribution is -0.168. The number of benzene rings is 2. The fourth-order valence-corrected chi connectivity index (χ4v) is 5.54. The molecule has 7 nitrogen and oxygen atoms in total. The quantitative estimate of drug-likeness (QED) is 0.310. The van der Waals surface area contributed by atoms with Gasteiger partial charge in [0.2, 0.25) is 6.29 Å². The van der Waals surface area contributed by atoms with Gasteiger partial charge in [-0.2, -0.15) is 0 Å². The van der Waals surface area contributed by atoms with Gasteiger partial charge >= 0.3 is 0 Å². The van der Waals surface area contributed by atoms with E-state index in [0.717, 1.165) is 6.42 Å². The number of hydrogen-bond donors (Lipinski definition) is 2. The molecular formula is C31H39NO6. The van der Waals surface area contributed by atoms with Crippen LogP contribution < -0.4 is 5.32 Å². The van der Waals surface area contributed by atoms with Crippen LogP contribution in [0.2, 0.25) is 0 Å². The molecule has 5 rings (SSSR count). The van der Waals surface area contributed by atoms with Crippen molar-refractivity contribution in [3.8, 4) is 11.1 Å². The molecule has 0 radical (unpaired) electrons. The van der Waals surface area contributed by atoms with Gasteiger partial charge in [-0.15, -0.1) is 0 Å². The van der Waals surface area contributed by atoms with Crippen LogP contribution in [0.15, 0.2) is 54.3 Å². The van der Waals surface area contributed by atoms with E-state index in [9.17, 15) is 4.79 Å². The minimum atomic E-state index is -0.550. The fourth-order valence-electron chi connectivity index (χ4n) is 5.54. The maximum absolute atomic E-state index is 13.1. The van der Waals surface area contributed by atoms with Gasteiger partial charge in [-0.3, -0.25) is 4.79 Å². The molecule has 0 aromatic heterocycles. The van der Waals surface area contributed by atoms with Crippen LogP contribution in [0.1, 0.15) is 48.8 Å². The summed E-state index contributed by atoms with van der Waals surface area (Å²) in [4.78, 5) is 13.1. The number of carbonyl (C=O) groups is 1. The zero-order chi connectivity index (χ0) is 26.3. The number of rotatable bonds is 14. The SMILES string of the molecule is CCO[C@H]1OC(C(=O)NCC2CC2)=C[C@@H](c2cccc3c2Cc2ccccc2-3)[C@@H]1CCOCCOCCO. The van der Waals surface area contributed by atoms with Crippen molar-refractivity contribution in [2.24, 2.45) is 11.8 Å². The Morgan fingerprint density at radius 3 is 2.61 bits per heavy atom. The Morgan fingerprint density at radius 1 is 1.03 bits per heavy atom. The van der Waals surface area contributed by atoms with E-state index in [1.54, 1.807) is 0 Å². The molecule has 204 valence electrons. The van der Waals surface area contributed by atoms with E-state index >= 15 is 0 Å². The average Bonchev–Trinajstić information content (AvgIpc) is 3.69. The molecule has 0 bridgehead atoms. The molecule has 7 heteroatoms. The van der Waals surface area contributed by atoms with Crippen LogP contribution in [-0.2, 0) is 30.2 Å². The van der Waals surface area contributed by atoms with Gasteiger partial charge < -0.3 is 29.4 Å². The number of allylic oxidation sites excluding steroid dienone is 1. The van der Waals surface area contributed by atoms with Gasteiger partial charge in [-0.05, 0) is 72.4 Å². The number of aliphatic hydroxyl groups is 1. The number of ether oxygens (including phenoxy) is 4. The van der Waals surface area contributed by atoms with Crippen LogP contribution in [0, 0.1) is 11.8 Å². The smallest absolute Gasteiger partial charge is 0.286 e. The molecule has 1 saturated carbocycles. The molecule has 1 amide bonds. The standard InChI is InChI=1S/C31H39NO6/c1-2-37-31-26(12-14-35-16-17-36-15-13-33)28(19-29(38-31)30(34)32-20-21-10-11-21)25-9-5-8-24-23-7-4-3-6-22(23)18-27(24)25/h3-9,19,21,26,28,31,33H,2,10-18,20H2,1H3,(H,32,34)/t26-,28-,31-/m0/s1. The number of fused-ring (bicyclic) bond motifs is 3. The van der Waals surface area contributed by atoms with Crippen LogP contribution >= 0.6 is 0 Å². The van der Waals surface area contributed by atoms with Crippen molar-refractivity contribution in [2.75, 3.05) is 46.2 Å². The van der Waals surface area contributed by atoms with Crippen LogP contribution in [0.3, 0.4) is 0 Å². The monoisotopic (exact) mass is 521 g/mol. The van der Waals surface area contributed by atoms with Crippen molar-refractivity contribution in [2.45, 2.75) is 44.8 Å². The lowest BCUT2D eigenvalue weighted by Gasteiger charge is -2.37. The Morgan fingerprint density at radius 2 is 1.82 bits per heavy atom. The van der Waals surface area contributed by atoms with E-state index in [0.29, 0.717) is 57.7 Å². The van der Waals surface area contributed by atoms with Crippen LogP contribution in [-0.4, -0.2) is 63.5 Å². The van der Waals surface area contributed by atoms with Gasteiger partial charge in [0.05, 0.1) is 26.4 Å². The lowest BCUT2D eigenvalue weighted by Crippen LogP contribution is -2.40. The number of nitrogens with one attached hydrogen (secondary N) is 1. The van der Waals surface area contributed by atoms with Gasteiger partial charge in [-0.1, -0.05) is 42.5 Å². The summed E-state index contributed by atoms with van der Waals surface area (Å²) in [6, 6.07) is 15.1. The van der Waals surface area contributed by atoms with E-state index in [1.165, 1.54) is 40.7 Å². The largest absolute Gasteiger partial charge is 0.459 e. The summed E-state index contributed by atoms with van der Waals surface area (Å²) < 4.78 is 23.5. The Balaban J connectivity index is 1.41. The maximum atomic E-state index is 13.1. The first-order valence-electron chi connectivity index (χ1n) is 13.9. The van der Waals surface area contributed by atoms with E-state index in [-0.39, 0.29) is 24.3 Å². The molecule has 2 N–H and O–H groups in total. The Hall–Kier alpha value is -2.71. The predicted molar refractivity (Wildman–Crippen MR) is 145 cm³/mol. The molecule has 2 aromatic rings. The minimum absolute atomic E-state index is 0.00525. The molecule has 3 atom stereocenters. The van der Waals surface area contributed by atoms with E-state index in [2.05, 4.69) is 47.8 Å². The summed E-state index contributed by atoms with van der Waals surface area (Å²) in [6.07, 6.45) is 5.39. The topological polar surface area (TPSA) is 86.3 Å². The molecule has 1 fully saturated rings. The van der Waals surface area contributed by atoms with Gasteiger partial charge in [0, 0.05) is 31.6 Å². The molecule has 0 spiro atoms.